The molecule has 0 aliphatic carbocycles. The number of halogens is 5. The molecule has 1 rings (SSSR count). The van der Waals surface area contributed by atoms with Crippen molar-refractivity contribution in [3.8, 4) is 0 Å². The predicted octanol–water partition coefficient (Wildman–Crippen LogP) is 3.81. The summed E-state index contributed by atoms with van der Waals surface area (Å²) >= 11 is 0. The first-order valence-corrected chi connectivity index (χ1v) is 7.70. The van der Waals surface area contributed by atoms with E-state index in [9.17, 15) is 17.6 Å². The molecule has 0 unspecified atom stereocenters. The molecular formula is C16H24F4IN3O. The number of guanidine groups is 1. The van der Waals surface area contributed by atoms with Crippen LogP contribution in [0.25, 0.3) is 0 Å². The summed E-state index contributed by atoms with van der Waals surface area (Å²) in [5.41, 5.74) is 0.802. The van der Waals surface area contributed by atoms with Gasteiger partial charge in [-0.1, -0.05) is 12.1 Å². The van der Waals surface area contributed by atoms with Crippen LogP contribution in [0, 0.1) is 5.82 Å². The molecule has 1 aromatic rings. The monoisotopic (exact) mass is 477 g/mol. The molecule has 0 aromatic heterocycles. The highest BCUT2D eigenvalue weighted by atomic mass is 127. The zero-order valence-electron chi connectivity index (χ0n) is 14.3. The van der Waals surface area contributed by atoms with Gasteiger partial charge in [0.1, 0.15) is 12.4 Å². The predicted molar refractivity (Wildman–Crippen MR) is 101 cm³/mol. The topological polar surface area (TPSA) is 36.9 Å². The van der Waals surface area contributed by atoms with Crippen LogP contribution in [0.2, 0.25) is 0 Å². The SMILES string of the molecule is CCNC(=NCCCOCC(F)(F)F)N(C)Cc1cccc(F)c1.I. The van der Waals surface area contributed by atoms with Gasteiger partial charge in [0.25, 0.3) is 0 Å². The third kappa shape index (κ3) is 11.2. The van der Waals surface area contributed by atoms with Gasteiger partial charge >= 0.3 is 6.18 Å². The molecule has 0 spiro atoms. The van der Waals surface area contributed by atoms with E-state index >= 15 is 0 Å². The van der Waals surface area contributed by atoms with Gasteiger partial charge < -0.3 is 15.0 Å². The molecule has 9 heteroatoms. The molecule has 1 N–H and O–H groups in total. The number of hydrogen-bond donors (Lipinski definition) is 1. The van der Waals surface area contributed by atoms with Gasteiger partial charge in [0, 0.05) is 33.3 Å². The molecule has 0 saturated heterocycles. The summed E-state index contributed by atoms with van der Waals surface area (Å²) < 4.78 is 53.6. The molecule has 0 saturated carbocycles. The van der Waals surface area contributed by atoms with Crippen LogP contribution < -0.4 is 5.32 Å². The van der Waals surface area contributed by atoms with Crippen molar-refractivity contribution < 1.29 is 22.3 Å². The highest BCUT2D eigenvalue weighted by molar-refractivity contribution is 14.0. The highest BCUT2D eigenvalue weighted by Crippen LogP contribution is 2.14. The first-order chi connectivity index (χ1) is 11.3. The van der Waals surface area contributed by atoms with Crippen molar-refractivity contribution in [1.82, 2.24) is 10.2 Å². The minimum atomic E-state index is -4.30. The summed E-state index contributed by atoms with van der Waals surface area (Å²) in [5, 5.41) is 3.09. The zero-order chi connectivity index (χ0) is 18.0. The number of rotatable bonds is 8. The summed E-state index contributed by atoms with van der Waals surface area (Å²) in [6.07, 6.45) is -3.91. The largest absolute Gasteiger partial charge is 0.411 e. The molecule has 4 nitrogen and oxygen atoms in total. The van der Waals surface area contributed by atoms with Crippen LogP contribution in [0.1, 0.15) is 18.9 Å². The van der Waals surface area contributed by atoms with E-state index in [1.165, 1.54) is 12.1 Å². The molecule has 25 heavy (non-hydrogen) atoms. The van der Waals surface area contributed by atoms with E-state index in [2.05, 4.69) is 15.0 Å². The molecule has 0 aliphatic rings. The van der Waals surface area contributed by atoms with E-state index in [0.717, 1.165) is 5.56 Å². The third-order valence-electron chi connectivity index (χ3n) is 2.98. The Balaban J connectivity index is 0.00000576. The van der Waals surface area contributed by atoms with Crippen molar-refractivity contribution >= 4 is 29.9 Å². The molecule has 0 fully saturated rings. The van der Waals surface area contributed by atoms with Gasteiger partial charge in [0.05, 0.1) is 0 Å². The van der Waals surface area contributed by atoms with Gasteiger partial charge in [-0.05, 0) is 31.0 Å². The Bertz CT molecular complexity index is 526. The number of nitrogens with one attached hydrogen (secondary N) is 1. The van der Waals surface area contributed by atoms with Crippen molar-refractivity contribution in [2.45, 2.75) is 26.1 Å². The van der Waals surface area contributed by atoms with Crippen LogP contribution in [0.3, 0.4) is 0 Å². The smallest absolute Gasteiger partial charge is 0.372 e. The fourth-order valence-electron chi connectivity index (χ4n) is 1.99. The minimum absolute atomic E-state index is 0. The Kier molecular flexibility index (Phi) is 11.7. The van der Waals surface area contributed by atoms with Gasteiger partial charge in [-0.15, -0.1) is 24.0 Å². The lowest BCUT2D eigenvalue weighted by Crippen LogP contribution is -2.38. The number of hydrogen-bond acceptors (Lipinski definition) is 2. The maximum absolute atomic E-state index is 13.2. The maximum atomic E-state index is 13.2. The summed E-state index contributed by atoms with van der Waals surface area (Å²) in [7, 11) is 1.81. The second-order valence-electron chi connectivity index (χ2n) is 5.24. The summed E-state index contributed by atoms with van der Waals surface area (Å²) in [6, 6.07) is 6.28. The van der Waals surface area contributed by atoms with Crippen LogP contribution in [-0.2, 0) is 11.3 Å². The number of ether oxygens (including phenoxy) is 1. The quantitative estimate of drug-likeness (QED) is 0.204. The van der Waals surface area contributed by atoms with Crippen LogP contribution in [-0.4, -0.2) is 50.4 Å². The van der Waals surface area contributed by atoms with Crippen LogP contribution in [0.4, 0.5) is 17.6 Å². The van der Waals surface area contributed by atoms with E-state index in [-0.39, 0.29) is 36.4 Å². The van der Waals surface area contributed by atoms with Crippen molar-refractivity contribution in [3.63, 3.8) is 0 Å². The maximum Gasteiger partial charge on any atom is 0.411 e. The summed E-state index contributed by atoms with van der Waals surface area (Å²) in [6.45, 7) is 2.13. The lowest BCUT2D eigenvalue weighted by Gasteiger charge is -2.22. The van der Waals surface area contributed by atoms with E-state index in [0.29, 0.717) is 32.0 Å². The molecule has 0 aliphatic heterocycles. The van der Waals surface area contributed by atoms with E-state index in [1.807, 2.05) is 24.9 Å². The summed E-state index contributed by atoms with van der Waals surface area (Å²) in [4.78, 5) is 6.17. The highest BCUT2D eigenvalue weighted by Gasteiger charge is 2.27. The lowest BCUT2D eigenvalue weighted by atomic mass is 10.2. The normalized spacial score (nSPS) is 11.8. The van der Waals surface area contributed by atoms with Gasteiger partial charge in [-0.3, -0.25) is 4.99 Å². The Morgan fingerprint density at radius 2 is 2.04 bits per heavy atom. The van der Waals surface area contributed by atoms with Gasteiger partial charge in [0.15, 0.2) is 5.96 Å². The van der Waals surface area contributed by atoms with E-state index in [1.54, 1.807) is 6.07 Å². The molecule has 0 bridgehead atoms. The van der Waals surface area contributed by atoms with Gasteiger partial charge in [-0.2, -0.15) is 13.2 Å². The number of benzene rings is 1. The Morgan fingerprint density at radius 3 is 2.64 bits per heavy atom. The first kappa shape index (κ1) is 23.9. The fourth-order valence-corrected chi connectivity index (χ4v) is 1.99. The zero-order valence-corrected chi connectivity index (χ0v) is 16.6. The third-order valence-corrected chi connectivity index (χ3v) is 2.98. The van der Waals surface area contributed by atoms with Gasteiger partial charge in [0.2, 0.25) is 0 Å². The van der Waals surface area contributed by atoms with Crippen molar-refractivity contribution in [2.75, 3.05) is 33.4 Å². The first-order valence-electron chi connectivity index (χ1n) is 7.70. The molecule has 0 heterocycles. The van der Waals surface area contributed by atoms with Crippen molar-refractivity contribution in [2.24, 2.45) is 4.99 Å². The second kappa shape index (κ2) is 12.3. The standard InChI is InChI=1S/C16H23F4N3O.HI/c1-3-21-15(22-8-5-9-24-12-16(18,19)20)23(2)11-13-6-4-7-14(17)10-13;/h4,6-7,10H,3,5,8-9,11-12H2,1-2H3,(H,21,22);1H. The Morgan fingerprint density at radius 1 is 1.32 bits per heavy atom. The molecule has 0 atom stereocenters. The van der Waals surface area contributed by atoms with Crippen LogP contribution >= 0.6 is 24.0 Å². The van der Waals surface area contributed by atoms with Crippen molar-refractivity contribution in [3.05, 3.63) is 35.6 Å². The average molecular weight is 477 g/mol. The van der Waals surface area contributed by atoms with E-state index in [4.69, 9.17) is 0 Å². The van der Waals surface area contributed by atoms with Crippen molar-refractivity contribution in [1.29, 1.82) is 0 Å². The molecule has 1 aromatic carbocycles. The van der Waals surface area contributed by atoms with E-state index < -0.39 is 12.8 Å². The molecule has 0 amide bonds. The molecule has 144 valence electrons. The number of aliphatic imine (C=N–C) groups is 1. The lowest BCUT2D eigenvalue weighted by molar-refractivity contribution is -0.173. The molecular weight excluding hydrogens is 453 g/mol. The number of nitrogens with zero attached hydrogens (tertiary/aromatic N) is 2. The minimum Gasteiger partial charge on any atom is -0.372 e. The Labute approximate surface area is 162 Å². The number of alkyl halides is 3. The van der Waals surface area contributed by atoms with Crippen LogP contribution in [0.15, 0.2) is 29.3 Å². The fraction of sp³-hybridized carbons (Fsp3) is 0.562. The Hall–Kier alpha value is -1.10. The second-order valence-corrected chi connectivity index (χ2v) is 5.24. The average Bonchev–Trinajstić information content (AvgIpc) is 2.48. The summed E-state index contributed by atoms with van der Waals surface area (Å²) in [5.74, 6) is 0.308. The molecule has 0 radical (unpaired) electrons. The van der Waals surface area contributed by atoms with Crippen LogP contribution in [0.5, 0.6) is 0 Å². The van der Waals surface area contributed by atoms with Gasteiger partial charge in [-0.25, -0.2) is 4.39 Å².